The first kappa shape index (κ1) is 30.9. The van der Waals surface area contributed by atoms with E-state index in [-0.39, 0.29) is 54.7 Å². The van der Waals surface area contributed by atoms with E-state index >= 15 is 0 Å². The molecule has 1 aromatic rings. The highest BCUT2D eigenvalue weighted by atomic mass is 19.3. The van der Waals surface area contributed by atoms with Gasteiger partial charge in [0, 0.05) is 58.4 Å². The molecule has 1 aromatic carbocycles. The highest BCUT2D eigenvalue weighted by Crippen LogP contribution is 2.38. The lowest BCUT2D eigenvalue weighted by Gasteiger charge is -2.24. The quantitative estimate of drug-likeness (QED) is 0.352. The molecule has 3 N–H and O–H groups in total. The number of alkyl halides is 2. The third-order valence-electron chi connectivity index (χ3n) is 7.23. The summed E-state index contributed by atoms with van der Waals surface area (Å²) in [6.07, 6.45) is 0.0930. The zero-order valence-electron chi connectivity index (χ0n) is 23.1. The van der Waals surface area contributed by atoms with E-state index in [1.807, 2.05) is 6.92 Å². The normalized spacial score (nSPS) is 19.2. The maximum Gasteiger partial charge on any atom is 0.405 e. The van der Waals surface area contributed by atoms with Crippen LogP contribution in [0.4, 0.5) is 13.6 Å². The molecule has 0 radical (unpaired) electrons. The number of amides is 4. The van der Waals surface area contributed by atoms with Crippen molar-refractivity contribution >= 4 is 23.8 Å². The van der Waals surface area contributed by atoms with Gasteiger partial charge >= 0.3 is 12.7 Å². The molecule has 222 valence electrons. The van der Waals surface area contributed by atoms with Crippen LogP contribution in [-0.4, -0.2) is 85.7 Å². The molecule has 40 heavy (non-hydrogen) atoms. The van der Waals surface area contributed by atoms with Crippen LogP contribution < -0.4 is 20.5 Å². The van der Waals surface area contributed by atoms with Gasteiger partial charge in [0.25, 0.3) is 5.91 Å². The number of halogens is 2. The van der Waals surface area contributed by atoms with Gasteiger partial charge in [0.05, 0.1) is 6.61 Å². The van der Waals surface area contributed by atoms with Crippen molar-refractivity contribution < 1.29 is 42.2 Å². The molecular weight excluding hydrogens is 530 g/mol. The van der Waals surface area contributed by atoms with Crippen molar-refractivity contribution in [3.63, 3.8) is 0 Å². The first-order valence-electron chi connectivity index (χ1n) is 13.4. The van der Waals surface area contributed by atoms with Gasteiger partial charge in [0.2, 0.25) is 11.8 Å². The molecule has 0 bridgehead atoms. The summed E-state index contributed by atoms with van der Waals surface area (Å²) < 4.78 is 41.2. The number of nitrogens with zero attached hydrogens (tertiary/aromatic N) is 2. The number of carbonyl (C=O) groups excluding carboxylic acids is 4. The predicted octanol–water partition coefficient (Wildman–Crippen LogP) is 2.62. The molecule has 1 unspecified atom stereocenters. The molecule has 3 atom stereocenters. The lowest BCUT2D eigenvalue weighted by Crippen LogP contribution is -2.46. The molecule has 2 aliphatic rings. The molecule has 1 aliphatic heterocycles. The summed E-state index contributed by atoms with van der Waals surface area (Å²) in [5.74, 6) is -0.581. The van der Waals surface area contributed by atoms with E-state index in [4.69, 9.17) is 15.2 Å². The minimum Gasteiger partial charge on any atom is -0.489 e. The van der Waals surface area contributed by atoms with Crippen molar-refractivity contribution in [1.82, 2.24) is 15.1 Å². The topological polar surface area (TPSA) is 140 Å². The van der Waals surface area contributed by atoms with E-state index in [0.29, 0.717) is 32.0 Å². The largest absolute Gasteiger partial charge is 0.489 e. The summed E-state index contributed by atoms with van der Waals surface area (Å²) in [4.78, 5) is 51.9. The van der Waals surface area contributed by atoms with E-state index in [1.165, 1.54) is 17.9 Å². The Hall–Kier alpha value is -3.64. The molecule has 1 saturated carbocycles. The van der Waals surface area contributed by atoms with Crippen molar-refractivity contribution in [2.45, 2.75) is 70.6 Å². The zero-order valence-corrected chi connectivity index (χ0v) is 23.1. The summed E-state index contributed by atoms with van der Waals surface area (Å²) in [7, 11) is 1.63. The molecule has 11 nitrogen and oxygen atoms in total. The van der Waals surface area contributed by atoms with Gasteiger partial charge in [-0.1, -0.05) is 6.07 Å². The number of likely N-dealkylation sites (tertiary alicyclic amines) is 1. The van der Waals surface area contributed by atoms with Gasteiger partial charge in [-0.2, -0.15) is 8.78 Å². The van der Waals surface area contributed by atoms with Crippen molar-refractivity contribution in [2.75, 3.05) is 33.3 Å². The molecule has 1 heterocycles. The van der Waals surface area contributed by atoms with E-state index in [2.05, 4.69) is 10.1 Å². The molecule has 13 heteroatoms. The van der Waals surface area contributed by atoms with Crippen LogP contribution in [0.15, 0.2) is 18.2 Å². The van der Waals surface area contributed by atoms with Crippen LogP contribution in [0.5, 0.6) is 11.5 Å². The lowest BCUT2D eigenvalue weighted by atomic mass is 9.96. The van der Waals surface area contributed by atoms with Crippen molar-refractivity contribution in [3.05, 3.63) is 23.8 Å². The third-order valence-corrected chi connectivity index (χ3v) is 7.23. The van der Waals surface area contributed by atoms with Gasteiger partial charge in [0.15, 0.2) is 17.6 Å². The van der Waals surface area contributed by atoms with Crippen molar-refractivity contribution in [2.24, 2.45) is 11.7 Å². The molecule has 0 aromatic heterocycles. The summed E-state index contributed by atoms with van der Waals surface area (Å²) in [6.45, 7) is 1.58. The Morgan fingerprint density at radius 1 is 1.20 bits per heavy atom. The first-order chi connectivity index (χ1) is 19.0. The molecule has 1 aliphatic carbocycles. The average Bonchev–Trinajstić information content (AvgIpc) is 3.63. The van der Waals surface area contributed by atoms with E-state index < -0.39 is 24.7 Å². The van der Waals surface area contributed by atoms with Crippen LogP contribution >= 0.6 is 0 Å². The molecule has 2 fully saturated rings. The van der Waals surface area contributed by atoms with Crippen LogP contribution in [0.1, 0.15) is 57.4 Å². The molecule has 4 amide bonds. The maximum atomic E-state index is 12.9. The number of nitrogens with one attached hydrogen (secondary N) is 1. The van der Waals surface area contributed by atoms with Crippen molar-refractivity contribution in [3.8, 4) is 11.5 Å². The van der Waals surface area contributed by atoms with Crippen LogP contribution in [0.25, 0.3) is 0 Å². The van der Waals surface area contributed by atoms with Crippen molar-refractivity contribution in [1.29, 1.82) is 0 Å². The number of rotatable bonds is 14. The van der Waals surface area contributed by atoms with Gasteiger partial charge < -0.3 is 35.1 Å². The Balaban J connectivity index is 1.66. The first-order valence-corrected chi connectivity index (χ1v) is 13.4. The van der Waals surface area contributed by atoms with Gasteiger partial charge in [-0.25, -0.2) is 4.79 Å². The minimum absolute atomic E-state index is 0.0167. The Kier molecular flexibility index (Phi) is 10.9. The average molecular weight is 569 g/mol. The summed E-state index contributed by atoms with van der Waals surface area (Å²) >= 11 is 0. The number of hydrogen-bond donors (Lipinski definition) is 2. The maximum absolute atomic E-state index is 12.9. The van der Waals surface area contributed by atoms with E-state index in [0.717, 1.165) is 18.4 Å². The van der Waals surface area contributed by atoms with Crippen LogP contribution in [0.3, 0.4) is 0 Å². The monoisotopic (exact) mass is 568 g/mol. The van der Waals surface area contributed by atoms with Crippen LogP contribution in [0, 0.1) is 5.92 Å². The second-order valence-electron chi connectivity index (χ2n) is 10.2. The van der Waals surface area contributed by atoms with Crippen LogP contribution in [-0.2, 0) is 19.1 Å². The molecule has 0 spiro atoms. The fraction of sp³-hybridized carbons (Fsp3) is 0.630. The highest BCUT2D eigenvalue weighted by Gasteiger charge is 2.36. The van der Waals surface area contributed by atoms with Gasteiger partial charge in [-0.15, -0.1) is 0 Å². The lowest BCUT2D eigenvalue weighted by molar-refractivity contribution is -0.134. The Labute approximate surface area is 232 Å². The smallest absolute Gasteiger partial charge is 0.405 e. The second-order valence-corrected chi connectivity index (χ2v) is 10.2. The van der Waals surface area contributed by atoms with E-state index in [9.17, 15) is 28.0 Å². The predicted molar refractivity (Wildman–Crippen MR) is 140 cm³/mol. The van der Waals surface area contributed by atoms with Crippen LogP contribution in [0.2, 0.25) is 0 Å². The SMILES string of the molecule is CCN(C)C(=O)CC[C@H](OC(N)=O)C(=O)NC[C@H]1CC(c2ccc(OC(F)F)c(OCC3CC3)c2)CN1C(C)=O. The van der Waals surface area contributed by atoms with E-state index in [1.54, 1.807) is 24.1 Å². The molecule has 3 rings (SSSR count). The minimum atomic E-state index is -2.99. The Bertz CT molecular complexity index is 1070. The zero-order chi connectivity index (χ0) is 29.4. The Morgan fingerprint density at radius 2 is 1.93 bits per heavy atom. The summed E-state index contributed by atoms with van der Waals surface area (Å²) in [5, 5.41) is 2.72. The second kappa shape index (κ2) is 14.1. The fourth-order valence-electron chi connectivity index (χ4n) is 4.65. The number of carbonyl (C=O) groups is 4. The molecule has 1 saturated heterocycles. The number of primary amides is 1. The number of ether oxygens (including phenoxy) is 3. The molecular formula is C27H38F2N4O7. The number of hydrogen-bond acceptors (Lipinski definition) is 7. The van der Waals surface area contributed by atoms with Gasteiger partial charge in [0.1, 0.15) is 0 Å². The third kappa shape index (κ3) is 8.95. The standard InChI is InChI=1S/C27H38F2N4O7/c1-4-32(3)24(35)10-9-22(40-27(30)37)25(36)31-13-20-11-19(14-33(20)16(2)34)18-7-8-21(39-26(28)29)23(12-18)38-15-17-5-6-17/h7-8,12,17,19-20,22,26H,4-6,9-11,13-15H2,1-3H3,(H2,30,37)(H,31,36)/t19?,20-,22+/m1/s1. The highest BCUT2D eigenvalue weighted by molar-refractivity contribution is 5.84. The van der Waals surface area contributed by atoms with Gasteiger partial charge in [-0.3, -0.25) is 14.4 Å². The fourth-order valence-corrected chi connectivity index (χ4v) is 4.65. The number of benzene rings is 1. The summed E-state index contributed by atoms with van der Waals surface area (Å²) in [6, 6.07) is 4.42. The van der Waals surface area contributed by atoms with Gasteiger partial charge in [-0.05, 0) is 49.8 Å². The Morgan fingerprint density at radius 3 is 2.52 bits per heavy atom. The summed E-state index contributed by atoms with van der Waals surface area (Å²) in [5.41, 5.74) is 5.92. The number of nitrogens with two attached hydrogens (primary N) is 1.